The van der Waals surface area contributed by atoms with Crippen LogP contribution in [0.15, 0.2) is 0 Å². The van der Waals surface area contributed by atoms with Crippen LogP contribution in [0.4, 0.5) is 0 Å². The predicted molar refractivity (Wildman–Crippen MR) is 49.5 cm³/mol. The zero-order valence-electron chi connectivity index (χ0n) is 8.61. The molecule has 1 aliphatic heterocycles. The maximum absolute atomic E-state index is 11.5. The van der Waals surface area contributed by atoms with Crippen LogP contribution < -0.4 is 0 Å². The van der Waals surface area contributed by atoms with Crippen LogP contribution in [0.2, 0.25) is 0 Å². The Balaban J connectivity index is 2.79. The Morgan fingerprint density at radius 3 is 2.57 bits per heavy atom. The molecule has 0 N–H and O–H groups in total. The number of carbonyl (C=O) groups is 3. The summed E-state index contributed by atoms with van der Waals surface area (Å²) in [6, 6.07) is -0.523. The minimum absolute atomic E-state index is 0.0274. The van der Waals surface area contributed by atoms with E-state index in [-0.39, 0.29) is 30.7 Å². The van der Waals surface area contributed by atoms with Gasteiger partial charge in [0.15, 0.2) is 0 Å². The number of ketones is 1. The molecule has 2 amide bonds. The Labute approximate surface area is 82.7 Å². The molecule has 1 fully saturated rings. The van der Waals surface area contributed by atoms with Crippen molar-refractivity contribution in [2.45, 2.75) is 19.9 Å². The molecule has 1 unspecified atom stereocenters. The largest absolute Gasteiger partial charge is 0.335 e. The average Bonchev–Trinajstić information content (AvgIpc) is 2.09. The molecule has 1 atom stereocenters. The molecule has 0 aliphatic carbocycles. The fourth-order valence-corrected chi connectivity index (χ4v) is 1.50. The van der Waals surface area contributed by atoms with Gasteiger partial charge in [0.05, 0.1) is 13.1 Å². The maximum atomic E-state index is 11.5. The molecule has 0 aromatic carbocycles. The van der Waals surface area contributed by atoms with Crippen molar-refractivity contribution in [3.05, 3.63) is 0 Å². The number of amides is 2. The molecule has 0 radical (unpaired) electrons. The number of rotatable bonds is 2. The SMILES string of the molecule is CC(=O)CN1C(=O)CN(C)C(=O)C1C. The Bertz CT molecular complexity index is 288. The van der Waals surface area contributed by atoms with E-state index in [1.807, 2.05) is 0 Å². The minimum Gasteiger partial charge on any atom is -0.335 e. The lowest BCUT2D eigenvalue weighted by Gasteiger charge is -2.36. The van der Waals surface area contributed by atoms with Gasteiger partial charge in [0.1, 0.15) is 11.8 Å². The highest BCUT2D eigenvalue weighted by Crippen LogP contribution is 2.10. The quantitative estimate of drug-likeness (QED) is 0.587. The second-order valence-electron chi connectivity index (χ2n) is 3.59. The van der Waals surface area contributed by atoms with Gasteiger partial charge in [0, 0.05) is 7.05 Å². The maximum Gasteiger partial charge on any atom is 0.245 e. The molecule has 0 aromatic heterocycles. The number of hydrogen-bond acceptors (Lipinski definition) is 3. The van der Waals surface area contributed by atoms with Gasteiger partial charge in [-0.25, -0.2) is 0 Å². The van der Waals surface area contributed by atoms with Gasteiger partial charge in [0.25, 0.3) is 0 Å². The van der Waals surface area contributed by atoms with E-state index in [0.29, 0.717) is 0 Å². The van der Waals surface area contributed by atoms with E-state index in [4.69, 9.17) is 0 Å². The topological polar surface area (TPSA) is 57.7 Å². The minimum atomic E-state index is -0.523. The highest BCUT2D eigenvalue weighted by atomic mass is 16.2. The lowest BCUT2D eigenvalue weighted by atomic mass is 10.1. The molecule has 14 heavy (non-hydrogen) atoms. The Morgan fingerprint density at radius 1 is 1.50 bits per heavy atom. The predicted octanol–water partition coefficient (Wildman–Crippen LogP) is -0.735. The fourth-order valence-electron chi connectivity index (χ4n) is 1.50. The van der Waals surface area contributed by atoms with Gasteiger partial charge < -0.3 is 9.80 Å². The molecule has 0 aromatic rings. The van der Waals surface area contributed by atoms with Crippen LogP contribution in [0.5, 0.6) is 0 Å². The number of likely N-dealkylation sites (N-methyl/N-ethyl adjacent to an activating group) is 1. The third kappa shape index (κ3) is 1.92. The molecule has 1 heterocycles. The fraction of sp³-hybridized carbons (Fsp3) is 0.667. The third-order valence-electron chi connectivity index (χ3n) is 2.29. The van der Waals surface area contributed by atoms with Crippen molar-refractivity contribution in [1.82, 2.24) is 9.80 Å². The van der Waals surface area contributed by atoms with Gasteiger partial charge >= 0.3 is 0 Å². The first-order valence-electron chi connectivity index (χ1n) is 4.47. The van der Waals surface area contributed by atoms with Crippen LogP contribution in [0.25, 0.3) is 0 Å². The van der Waals surface area contributed by atoms with Crippen molar-refractivity contribution in [2.75, 3.05) is 20.1 Å². The molecule has 78 valence electrons. The zero-order valence-corrected chi connectivity index (χ0v) is 8.61. The number of hydrogen-bond donors (Lipinski definition) is 0. The van der Waals surface area contributed by atoms with Crippen molar-refractivity contribution < 1.29 is 14.4 Å². The summed E-state index contributed by atoms with van der Waals surface area (Å²) in [5, 5.41) is 0. The molecular formula is C9H14N2O3. The second kappa shape index (κ2) is 3.77. The van der Waals surface area contributed by atoms with Crippen molar-refractivity contribution in [3.63, 3.8) is 0 Å². The first-order chi connectivity index (χ1) is 6.43. The highest BCUT2D eigenvalue weighted by molar-refractivity contribution is 5.96. The summed E-state index contributed by atoms with van der Waals surface area (Å²) in [7, 11) is 1.59. The summed E-state index contributed by atoms with van der Waals surface area (Å²) in [4.78, 5) is 36.5. The Kier molecular flexibility index (Phi) is 2.88. The molecule has 0 bridgehead atoms. The number of carbonyl (C=O) groups excluding carboxylic acids is 3. The van der Waals surface area contributed by atoms with Crippen LogP contribution in [-0.2, 0) is 14.4 Å². The Morgan fingerprint density at radius 2 is 2.07 bits per heavy atom. The van der Waals surface area contributed by atoms with Crippen molar-refractivity contribution in [2.24, 2.45) is 0 Å². The summed E-state index contributed by atoms with van der Waals surface area (Å²) >= 11 is 0. The highest BCUT2D eigenvalue weighted by Gasteiger charge is 2.34. The van der Waals surface area contributed by atoms with Crippen LogP contribution in [0, 0.1) is 0 Å². The molecule has 5 nitrogen and oxygen atoms in total. The van der Waals surface area contributed by atoms with E-state index >= 15 is 0 Å². The summed E-state index contributed by atoms with van der Waals surface area (Å²) in [5.74, 6) is -0.400. The molecular weight excluding hydrogens is 184 g/mol. The van der Waals surface area contributed by atoms with Crippen molar-refractivity contribution in [3.8, 4) is 0 Å². The van der Waals surface area contributed by atoms with Gasteiger partial charge in [-0.2, -0.15) is 0 Å². The van der Waals surface area contributed by atoms with E-state index in [9.17, 15) is 14.4 Å². The average molecular weight is 198 g/mol. The lowest BCUT2D eigenvalue weighted by Crippen LogP contribution is -2.58. The van der Waals surface area contributed by atoms with Crippen LogP contribution >= 0.6 is 0 Å². The van der Waals surface area contributed by atoms with Gasteiger partial charge in [-0.3, -0.25) is 14.4 Å². The molecule has 1 aliphatic rings. The smallest absolute Gasteiger partial charge is 0.245 e. The molecule has 1 saturated heterocycles. The molecule has 5 heteroatoms. The second-order valence-corrected chi connectivity index (χ2v) is 3.59. The normalized spacial score (nSPS) is 22.9. The summed E-state index contributed by atoms with van der Waals surface area (Å²) in [6.07, 6.45) is 0. The lowest BCUT2D eigenvalue weighted by molar-refractivity contribution is -0.154. The number of piperazine rings is 1. The van der Waals surface area contributed by atoms with Crippen molar-refractivity contribution in [1.29, 1.82) is 0 Å². The molecule has 0 spiro atoms. The number of Topliss-reactive ketones (excluding diaryl/α,β-unsaturated/α-hetero) is 1. The van der Waals surface area contributed by atoms with Crippen LogP contribution in [-0.4, -0.2) is 53.6 Å². The van der Waals surface area contributed by atoms with E-state index in [2.05, 4.69) is 0 Å². The van der Waals surface area contributed by atoms with Crippen LogP contribution in [0.3, 0.4) is 0 Å². The molecule has 0 saturated carbocycles. The third-order valence-corrected chi connectivity index (χ3v) is 2.29. The van der Waals surface area contributed by atoms with Gasteiger partial charge in [-0.1, -0.05) is 0 Å². The van der Waals surface area contributed by atoms with E-state index in [1.165, 1.54) is 16.7 Å². The zero-order chi connectivity index (χ0) is 10.9. The van der Waals surface area contributed by atoms with Gasteiger partial charge in [-0.15, -0.1) is 0 Å². The van der Waals surface area contributed by atoms with Crippen molar-refractivity contribution >= 4 is 17.6 Å². The first kappa shape index (κ1) is 10.7. The summed E-state index contributed by atoms with van der Waals surface area (Å²) in [5.41, 5.74) is 0. The van der Waals surface area contributed by atoms with E-state index in [0.717, 1.165) is 0 Å². The summed E-state index contributed by atoms with van der Waals surface area (Å²) < 4.78 is 0. The Hall–Kier alpha value is -1.39. The van der Waals surface area contributed by atoms with Gasteiger partial charge in [-0.05, 0) is 13.8 Å². The van der Waals surface area contributed by atoms with E-state index < -0.39 is 6.04 Å². The standard InChI is InChI=1S/C9H14N2O3/c1-6(12)4-11-7(2)9(14)10(3)5-8(11)13/h7H,4-5H2,1-3H3. The van der Waals surface area contributed by atoms with Gasteiger partial charge in [0.2, 0.25) is 11.8 Å². The number of nitrogens with zero attached hydrogens (tertiary/aromatic N) is 2. The first-order valence-corrected chi connectivity index (χ1v) is 4.47. The van der Waals surface area contributed by atoms with Crippen LogP contribution in [0.1, 0.15) is 13.8 Å². The summed E-state index contributed by atoms with van der Waals surface area (Å²) in [6.45, 7) is 3.14. The monoisotopic (exact) mass is 198 g/mol. The van der Waals surface area contributed by atoms with E-state index in [1.54, 1.807) is 14.0 Å². The molecule has 1 rings (SSSR count).